The van der Waals surface area contributed by atoms with Crippen molar-refractivity contribution in [2.24, 2.45) is 0 Å². The standard InChI is InChI=1S/C19H14ClN3O3/c1-11-2-5-14(26-11)9-21-18(24)12-3-7-17-22-16-6-4-13(20)8-15(16)19(25)23(17)10-12/h2-8,10H,9H2,1H3,(H,21,24). The fraction of sp³-hybridized carbons (Fsp3) is 0.105. The van der Waals surface area contributed by atoms with Crippen LogP contribution in [0.4, 0.5) is 0 Å². The van der Waals surface area contributed by atoms with Crippen LogP contribution in [0.1, 0.15) is 21.9 Å². The lowest BCUT2D eigenvalue weighted by molar-refractivity contribution is 0.0947. The lowest BCUT2D eigenvalue weighted by Crippen LogP contribution is -2.24. The predicted octanol–water partition coefficient (Wildman–Crippen LogP) is 3.33. The van der Waals surface area contributed by atoms with Gasteiger partial charge in [0.05, 0.1) is 23.0 Å². The monoisotopic (exact) mass is 367 g/mol. The first-order valence-corrected chi connectivity index (χ1v) is 8.34. The van der Waals surface area contributed by atoms with Gasteiger partial charge in [0, 0.05) is 11.2 Å². The molecule has 0 saturated heterocycles. The molecule has 0 saturated carbocycles. The van der Waals surface area contributed by atoms with Crippen LogP contribution in [0.25, 0.3) is 16.6 Å². The second-order valence-corrected chi connectivity index (χ2v) is 6.36. The van der Waals surface area contributed by atoms with E-state index in [9.17, 15) is 9.59 Å². The molecule has 6 nitrogen and oxygen atoms in total. The van der Waals surface area contributed by atoms with Crippen LogP contribution in [0.2, 0.25) is 5.02 Å². The highest BCUT2D eigenvalue weighted by Crippen LogP contribution is 2.16. The van der Waals surface area contributed by atoms with E-state index in [0.717, 1.165) is 5.76 Å². The number of nitrogens with one attached hydrogen (secondary N) is 1. The maximum absolute atomic E-state index is 12.7. The molecule has 1 aromatic carbocycles. The molecule has 0 unspecified atom stereocenters. The van der Waals surface area contributed by atoms with E-state index in [0.29, 0.717) is 32.9 Å². The van der Waals surface area contributed by atoms with E-state index in [2.05, 4.69) is 10.3 Å². The number of hydrogen-bond acceptors (Lipinski definition) is 4. The third kappa shape index (κ3) is 2.95. The van der Waals surface area contributed by atoms with Gasteiger partial charge in [-0.25, -0.2) is 4.98 Å². The maximum atomic E-state index is 12.7. The van der Waals surface area contributed by atoms with Crippen molar-refractivity contribution in [3.63, 3.8) is 0 Å². The topological polar surface area (TPSA) is 76.6 Å². The van der Waals surface area contributed by atoms with Gasteiger partial charge in [-0.05, 0) is 49.4 Å². The molecule has 4 rings (SSSR count). The number of amides is 1. The molecule has 0 fully saturated rings. The molecule has 0 bridgehead atoms. The summed E-state index contributed by atoms with van der Waals surface area (Å²) < 4.78 is 6.78. The number of nitrogens with zero attached hydrogens (tertiary/aromatic N) is 2. The number of fused-ring (bicyclic) bond motifs is 2. The zero-order chi connectivity index (χ0) is 18.3. The number of hydrogen-bond donors (Lipinski definition) is 1. The van der Waals surface area contributed by atoms with Gasteiger partial charge in [-0.15, -0.1) is 0 Å². The van der Waals surface area contributed by atoms with E-state index in [1.165, 1.54) is 10.6 Å². The van der Waals surface area contributed by atoms with Crippen molar-refractivity contribution in [2.75, 3.05) is 0 Å². The Balaban J connectivity index is 1.70. The summed E-state index contributed by atoms with van der Waals surface area (Å²) in [7, 11) is 0. The zero-order valence-corrected chi connectivity index (χ0v) is 14.6. The van der Waals surface area contributed by atoms with Crippen LogP contribution in [0.5, 0.6) is 0 Å². The Morgan fingerprint density at radius 2 is 2.08 bits per heavy atom. The van der Waals surface area contributed by atoms with Crippen molar-refractivity contribution in [3.05, 3.63) is 81.1 Å². The molecule has 1 N–H and O–H groups in total. The van der Waals surface area contributed by atoms with Crippen LogP contribution in [0, 0.1) is 6.92 Å². The van der Waals surface area contributed by atoms with Crippen LogP contribution < -0.4 is 10.9 Å². The van der Waals surface area contributed by atoms with Crippen LogP contribution >= 0.6 is 11.6 Å². The highest BCUT2D eigenvalue weighted by Gasteiger charge is 2.11. The first-order valence-electron chi connectivity index (χ1n) is 7.96. The molecule has 4 aromatic rings. The Morgan fingerprint density at radius 1 is 1.23 bits per heavy atom. The van der Waals surface area contributed by atoms with Crippen LogP contribution in [-0.4, -0.2) is 15.3 Å². The Bertz CT molecular complexity index is 1210. The molecular formula is C19H14ClN3O3. The number of pyridine rings is 1. The fourth-order valence-electron chi connectivity index (χ4n) is 2.76. The molecule has 0 aliphatic carbocycles. The van der Waals surface area contributed by atoms with Gasteiger partial charge in [0.15, 0.2) is 0 Å². The molecule has 0 aliphatic heterocycles. The Kier molecular flexibility index (Phi) is 3.97. The van der Waals surface area contributed by atoms with E-state index >= 15 is 0 Å². The van der Waals surface area contributed by atoms with Crippen LogP contribution in [-0.2, 0) is 6.54 Å². The van der Waals surface area contributed by atoms with Gasteiger partial charge < -0.3 is 9.73 Å². The molecule has 130 valence electrons. The number of aromatic nitrogens is 2. The van der Waals surface area contributed by atoms with Gasteiger partial charge in [-0.3, -0.25) is 14.0 Å². The minimum atomic E-state index is -0.306. The first kappa shape index (κ1) is 16.4. The molecule has 0 aliphatic rings. The molecule has 0 atom stereocenters. The van der Waals surface area contributed by atoms with Gasteiger partial charge in [0.2, 0.25) is 0 Å². The number of carbonyl (C=O) groups is 1. The lowest BCUT2D eigenvalue weighted by Gasteiger charge is -2.07. The molecule has 26 heavy (non-hydrogen) atoms. The third-order valence-corrected chi connectivity index (χ3v) is 4.29. The normalized spacial score (nSPS) is 11.2. The van der Waals surface area contributed by atoms with Crippen molar-refractivity contribution in [1.82, 2.24) is 14.7 Å². The highest BCUT2D eigenvalue weighted by atomic mass is 35.5. The van der Waals surface area contributed by atoms with Crippen LogP contribution in [0.15, 0.2) is 57.9 Å². The Labute approximate surface area is 153 Å². The Hall–Kier alpha value is -3.12. The zero-order valence-electron chi connectivity index (χ0n) is 13.8. The molecule has 1 amide bonds. The van der Waals surface area contributed by atoms with E-state index in [1.807, 2.05) is 13.0 Å². The van der Waals surface area contributed by atoms with Gasteiger partial charge in [0.25, 0.3) is 11.5 Å². The number of aryl methyl sites for hydroxylation is 1. The summed E-state index contributed by atoms with van der Waals surface area (Å²) in [5.74, 6) is 1.14. The minimum absolute atomic E-state index is 0.269. The van der Waals surface area contributed by atoms with Gasteiger partial charge >= 0.3 is 0 Å². The smallest absolute Gasteiger partial charge is 0.265 e. The summed E-state index contributed by atoms with van der Waals surface area (Å²) in [6.07, 6.45) is 1.48. The SMILES string of the molecule is Cc1ccc(CNC(=O)c2ccc3nc4ccc(Cl)cc4c(=O)n3c2)o1. The van der Waals surface area contributed by atoms with Crippen molar-refractivity contribution < 1.29 is 9.21 Å². The summed E-state index contributed by atoms with van der Waals surface area (Å²) in [5.41, 5.74) is 1.10. The Morgan fingerprint density at radius 3 is 2.85 bits per heavy atom. The van der Waals surface area contributed by atoms with E-state index in [1.54, 1.807) is 36.4 Å². The molecule has 3 aromatic heterocycles. The lowest BCUT2D eigenvalue weighted by atomic mass is 10.2. The second-order valence-electron chi connectivity index (χ2n) is 5.92. The van der Waals surface area contributed by atoms with E-state index < -0.39 is 0 Å². The van der Waals surface area contributed by atoms with Gasteiger partial charge in [0.1, 0.15) is 17.2 Å². The third-order valence-electron chi connectivity index (χ3n) is 4.05. The van der Waals surface area contributed by atoms with E-state index in [4.69, 9.17) is 16.0 Å². The maximum Gasteiger partial charge on any atom is 0.265 e. The molecule has 0 radical (unpaired) electrons. The summed E-state index contributed by atoms with van der Waals surface area (Å²) in [6, 6.07) is 11.9. The van der Waals surface area contributed by atoms with Crippen molar-refractivity contribution in [3.8, 4) is 0 Å². The predicted molar refractivity (Wildman–Crippen MR) is 98.6 cm³/mol. The first-order chi connectivity index (χ1) is 12.5. The second kappa shape index (κ2) is 6.31. The summed E-state index contributed by atoms with van der Waals surface area (Å²) in [6.45, 7) is 2.11. The van der Waals surface area contributed by atoms with Gasteiger partial charge in [-0.1, -0.05) is 11.6 Å². The summed E-state index contributed by atoms with van der Waals surface area (Å²) in [5, 5.41) is 3.63. The minimum Gasteiger partial charge on any atom is -0.465 e. The fourth-order valence-corrected chi connectivity index (χ4v) is 2.93. The molecule has 0 spiro atoms. The average Bonchev–Trinajstić information content (AvgIpc) is 3.05. The van der Waals surface area contributed by atoms with Crippen molar-refractivity contribution in [2.45, 2.75) is 13.5 Å². The number of halogens is 1. The average molecular weight is 368 g/mol. The number of benzene rings is 1. The molecule has 7 heteroatoms. The summed E-state index contributed by atoms with van der Waals surface area (Å²) in [4.78, 5) is 29.5. The number of rotatable bonds is 3. The number of furan rings is 1. The quantitative estimate of drug-likeness (QED) is 0.563. The summed E-state index contributed by atoms with van der Waals surface area (Å²) >= 11 is 5.98. The molecular weight excluding hydrogens is 354 g/mol. The van der Waals surface area contributed by atoms with Gasteiger partial charge in [-0.2, -0.15) is 0 Å². The van der Waals surface area contributed by atoms with Crippen molar-refractivity contribution in [1.29, 1.82) is 0 Å². The van der Waals surface area contributed by atoms with Crippen LogP contribution in [0.3, 0.4) is 0 Å². The van der Waals surface area contributed by atoms with Crippen molar-refractivity contribution >= 4 is 34.1 Å². The largest absolute Gasteiger partial charge is 0.465 e. The number of carbonyl (C=O) groups excluding carboxylic acids is 1. The highest BCUT2D eigenvalue weighted by molar-refractivity contribution is 6.31. The molecule has 3 heterocycles. The van der Waals surface area contributed by atoms with E-state index in [-0.39, 0.29) is 18.0 Å².